The van der Waals surface area contributed by atoms with Gasteiger partial charge in [0.1, 0.15) is 11.6 Å². The number of aryl methyl sites for hydroxylation is 1. The number of carbonyl (C=O) groups excluding carboxylic acids is 1. The first-order valence-corrected chi connectivity index (χ1v) is 16.3. The van der Waals surface area contributed by atoms with Crippen LogP contribution in [0.2, 0.25) is 0 Å². The van der Waals surface area contributed by atoms with Gasteiger partial charge in [-0.1, -0.05) is 63.5 Å². The number of benzene rings is 2. The second kappa shape index (κ2) is 15.8. The van der Waals surface area contributed by atoms with E-state index in [-0.39, 0.29) is 42.7 Å². The summed E-state index contributed by atoms with van der Waals surface area (Å²) in [5.74, 6) is 1.31. The molecule has 230 valence electrons. The lowest BCUT2D eigenvalue weighted by molar-refractivity contribution is -0.140. The van der Waals surface area contributed by atoms with E-state index in [0.29, 0.717) is 28.5 Å². The van der Waals surface area contributed by atoms with Gasteiger partial charge in [-0.15, -0.1) is 0 Å². The zero-order valence-electron chi connectivity index (χ0n) is 25.7. The standard InChI is InChI=1S/C37H50F2O3/c1-4-5-6-7-26-10-18-34(35(38)21-26)32-17-19-33(36(39)22-32)31-15-13-30(14-16-31)29-11-8-27(9-12-29)20-28(23-40)24-42-37(41)25(2)3/h10,17-19,21-22,27-31,40H,2,4-9,11-16,20,23-24H2,1,3H3. The predicted octanol–water partition coefficient (Wildman–Crippen LogP) is 9.56. The summed E-state index contributed by atoms with van der Waals surface area (Å²) in [5, 5.41) is 9.77. The molecular formula is C37H50F2O3. The van der Waals surface area contributed by atoms with Gasteiger partial charge in [0.25, 0.3) is 0 Å². The van der Waals surface area contributed by atoms with Crippen molar-refractivity contribution in [1.29, 1.82) is 0 Å². The highest BCUT2D eigenvalue weighted by atomic mass is 19.1. The number of hydrogen-bond acceptors (Lipinski definition) is 3. The van der Waals surface area contributed by atoms with E-state index in [1.807, 2.05) is 18.2 Å². The first-order valence-electron chi connectivity index (χ1n) is 16.3. The van der Waals surface area contributed by atoms with Crippen LogP contribution in [-0.4, -0.2) is 24.3 Å². The molecule has 42 heavy (non-hydrogen) atoms. The van der Waals surface area contributed by atoms with Crippen molar-refractivity contribution in [2.75, 3.05) is 13.2 Å². The first kappa shape index (κ1) is 32.4. The zero-order chi connectivity index (χ0) is 30.1. The van der Waals surface area contributed by atoms with Gasteiger partial charge >= 0.3 is 5.97 Å². The molecule has 1 N–H and O–H groups in total. The minimum Gasteiger partial charge on any atom is -0.462 e. The number of unbranched alkanes of at least 4 members (excludes halogenated alkanes) is 2. The van der Waals surface area contributed by atoms with Crippen molar-refractivity contribution < 1.29 is 23.4 Å². The van der Waals surface area contributed by atoms with Crippen LogP contribution in [-0.2, 0) is 16.0 Å². The summed E-state index contributed by atoms with van der Waals surface area (Å²) in [6.07, 6.45) is 14.1. The minimum atomic E-state index is -0.389. The van der Waals surface area contributed by atoms with Gasteiger partial charge < -0.3 is 9.84 Å². The highest BCUT2D eigenvalue weighted by molar-refractivity contribution is 5.86. The molecule has 0 amide bonds. The number of halogens is 2. The molecule has 4 rings (SSSR count). The van der Waals surface area contributed by atoms with Gasteiger partial charge in [-0.2, -0.15) is 0 Å². The quantitative estimate of drug-likeness (QED) is 0.146. The monoisotopic (exact) mass is 580 g/mol. The Balaban J connectivity index is 1.24. The Morgan fingerprint density at radius 1 is 0.952 bits per heavy atom. The summed E-state index contributed by atoms with van der Waals surface area (Å²) in [4.78, 5) is 11.7. The molecule has 2 fully saturated rings. The second-order valence-corrected chi connectivity index (χ2v) is 13.1. The van der Waals surface area contributed by atoms with Gasteiger partial charge in [-0.05, 0) is 117 Å². The molecule has 0 heterocycles. The minimum absolute atomic E-state index is 0.0158. The van der Waals surface area contributed by atoms with E-state index >= 15 is 4.39 Å². The number of aliphatic hydroxyl groups excluding tert-OH is 1. The maximum Gasteiger partial charge on any atom is 0.333 e. The summed E-state index contributed by atoms with van der Waals surface area (Å²) < 4.78 is 35.5. The highest BCUT2D eigenvalue weighted by Crippen LogP contribution is 2.45. The van der Waals surface area contributed by atoms with Gasteiger partial charge in [-0.3, -0.25) is 0 Å². The van der Waals surface area contributed by atoms with Crippen LogP contribution in [0.3, 0.4) is 0 Å². The molecule has 0 saturated heterocycles. The molecular weight excluding hydrogens is 530 g/mol. The molecule has 0 radical (unpaired) electrons. The molecule has 2 aliphatic rings. The third-order valence-corrected chi connectivity index (χ3v) is 9.91. The number of rotatable bonds is 13. The van der Waals surface area contributed by atoms with Crippen LogP contribution in [0.4, 0.5) is 8.78 Å². The molecule has 5 heteroatoms. The van der Waals surface area contributed by atoms with E-state index in [4.69, 9.17) is 4.74 Å². The van der Waals surface area contributed by atoms with Crippen molar-refractivity contribution in [2.24, 2.45) is 23.7 Å². The smallest absolute Gasteiger partial charge is 0.333 e. The average molecular weight is 581 g/mol. The molecule has 2 aliphatic carbocycles. The van der Waals surface area contributed by atoms with Gasteiger partial charge in [0.2, 0.25) is 0 Å². The van der Waals surface area contributed by atoms with Crippen molar-refractivity contribution in [1.82, 2.24) is 0 Å². The van der Waals surface area contributed by atoms with Crippen LogP contribution >= 0.6 is 0 Å². The van der Waals surface area contributed by atoms with Gasteiger partial charge in [0.05, 0.1) is 6.61 Å². The predicted molar refractivity (Wildman–Crippen MR) is 166 cm³/mol. The van der Waals surface area contributed by atoms with Crippen molar-refractivity contribution in [3.8, 4) is 11.1 Å². The third kappa shape index (κ3) is 8.75. The molecule has 0 bridgehead atoms. The Kier molecular flexibility index (Phi) is 12.2. The molecule has 0 aromatic heterocycles. The number of carbonyl (C=O) groups is 1. The normalized spacial score (nSPS) is 23.4. The van der Waals surface area contributed by atoms with E-state index in [1.165, 1.54) is 18.9 Å². The maximum absolute atomic E-state index is 15.3. The summed E-state index contributed by atoms with van der Waals surface area (Å²) in [6.45, 7) is 7.69. The molecule has 1 atom stereocenters. The fourth-order valence-electron chi connectivity index (χ4n) is 7.33. The number of hydrogen-bond donors (Lipinski definition) is 1. The molecule has 1 unspecified atom stereocenters. The van der Waals surface area contributed by atoms with E-state index in [2.05, 4.69) is 13.5 Å². The lowest BCUT2D eigenvalue weighted by Gasteiger charge is -2.38. The van der Waals surface area contributed by atoms with Crippen molar-refractivity contribution in [3.05, 3.63) is 71.3 Å². The van der Waals surface area contributed by atoms with Crippen molar-refractivity contribution in [3.63, 3.8) is 0 Å². The van der Waals surface area contributed by atoms with E-state index in [9.17, 15) is 14.3 Å². The lowest BCUT2D eigenvalue weighted by atomic mass is 9.67. The van der Waals surface area contributed by atoms with Crippen LogP contribution in [0.15, 0.2) is 48.6 Å². The summed E-state index contributed by atoms with van der Waals surface area (Å²) >= 11 is 0. The summed E-state index contributed by atoms with van der Waals surface area (Å²) in [6, 6.07) is 10.7. The zero-order valence-corrected chi connectivity index (χ0v) is 25.7. The number of aliphatic hydroxyl groups is 1. The van der Waals surface area contributed by atoms with Gasteiger partial charge in [0.15, 0.2) is 0 Å². The molecule has 0 aliphatic heterocycles. The van der Waals surface area contributed by atoms with Crippen LogP contribution in [0.25, 0.3) is 11.1 Å². The van der Waals surface area contributed by atoms with Crippen molar-refractivity contribution >= 4 is 5.97 Å². The Morgan fingerprint density at radius 2 is 1.64 bits per heavy atom. The number of ether oxygens (including phenoxy) is 1. The van der Waals surface area contributed by atoms with Gasteiger partial charge in [0, 0.05) is 23.7 Å². The molecule has 2 aromatic rings. The first-order chi connectivity index (χ1) is 20.3. The van der Waals surface area contributed by atoms with Crippen LogP contribution in [0.1, 0.15) is 108 Å². The van der Waals surface area contributed by atoms with E-state index in [1.54, 1.807) is 19.1 Å². The largest absolute Gasteiger partial charge is 0.462 e. The number of esters is 1. The average Bonchev–Trinajstić information content (AvgIpc) is 2.99. The maximum atomic E-state index is 15.3. The van der Waals surface area contributed by atoms with E-state index < -0.39 is 0 Å². The van der Waals surface area contributed by atoms with Crippen LogP contribution < -0.4 is 0 Å². The SMILES string of the molecule is C=C(C)C(=O)OCC(CO)CC1CCC(C2CCC(c3ccc(-c4ccc(CCCCC)cc4F)cc3F)CC2)CC1. The Bertz CT molecular complexity index is 1180. The highest BCUT2D eigenvalue weighted by Gasteiger charge is 2.32. The fourth-order valence-corrected chi connectivity index (χ4v) is 7.33. The summed E-state index contributed by atoms with van der Waals surface area (Å²) in [7, 11) is 0. The summed E-state index contributed by atoms with van der Waals surface area (Å²) in [5.41, 5.74) is 3.24. The fraction of sp³-hybridized carbons (Fsp3) is 0.595. The Morgan fingerprint density at radius 3 is 2.24 bits per heavy atom. The molecule has 2 saturated carbocycles. The van der Waals surface area contributed by atoms with Crippen LogP contribution in [0, 0.1) is 35.3 Å². The Hall–Kier alpha value is -2.53. The topological polar surface area (TPSA) is 46.5 Å². The Labute approximate surface area is 251 Å². The van der Waals surface area contributed by atoms with Crippen LogP contribution in [0.5, 0.6) is 0 Å². The molecule has 3 nitrogen and oxygen atoms in total. The van der Waals surface area contributed by atoms with E-state index in [0.717, 1.165) is 87.7 Å². The lowest BCUT2D eigenvalue weighted by Crippen LogP contribution is -2.27. The third-order valence-electron chi connectivity index (χ3n) is 9.91. The molecule has 0 spiro atoms. The van der Waals surface area contributed by atoms with Gasteiger partial charge in [-0.25, -0.2) is 13.6 Å². The molecule has 2 aromatic carbocycles. The van der Waals surface area contributed by atoms with Crippen molar-refractivity contribution in [2.45, 2.75) is 103 Å². The second-order valence-electron chi connectivity index (χ2n) is 13.1.